The number of carbonyl (C=O) groups is 3. The third-order valence-corrected chi connectivity index (χ3v) is 6.56. The van der Waals surface area contributed by atoms with Gasteiger partial charge in [-0.2, -0.15) is 0 Å². The van der Waals surface area contributed by atoms with Crippen molar-refractivity contribution in [2.45, 2.75) is 84.7 Å². The third-order valence-electron chi connectivity index (χ3n) is 6.56. The molecule has 0 saturated carbocycles. The van der Waals surface area contributed by atoms with Gasteiger partial charge in [0.1, 0.15) is 30.0 Å². The van der Waals surface area contributed by atoms with E-state index in [0.29, 0.717) is 18.9 Å². The Morgan fingerprint density at radius 3 is 2.31 bits per heavy atom. The van der Waals surface area contributed by atoms with Crippen LogP contribution in [0, 0.1) is 13.8 Å². The smallest absolute Gasteiger partial charge is 0.408 e. The predicted octanol–water partition coefficient (Wildman–Crippen LogP) is 3.93. The average molecular weight is 580 g/mol. The van der Waals surface area contributed by atoms with Gasteiger partial charge in [-0.3, -0.25) is 4.79 Å². The Balaban J connectivity index is 1.81. The number of phenols is 1. The van der Waals surface area contributed by atoms with Gasteiger partial charge >= 0.3 is 12.1 Å². The van der Waals surface area contributed by atoms with Crippen molar-refractivity contribution in [1.82, 2.24) is 20.2 Å². The van der Waals surface area contributed by atoms with Crippen molar-refractivity contribution in [3.8, 4) is 5.75 Å². The monoisotopic (exact) mass is 579 g/mol. The second-order valence-electron chi connectivity index (χ2n) is 11.2. The number of alkyl carbamates (subject to hydrolysis) is 1. The summed E-state index contributed by atoms with van der Waals surface area (Å²) in [6.07, 6.45) is 3.41. The van der Waals surface area contributed by atoms with Crippen LogP contribution in [0.3, 0.4) is 0 Å². The van der Waals surface area contributed by atoms with Gasteiger partial charge in [0.05, 0.1) is 0 Å². The molecule has 1 aromatic heterocycles. The molecule has 0 aliphatic rings. The molecule has 0 aliphatic heterocycles. The highest BCUT2D eigenvalue weighted by molar-refractivity contribution is 5.90. The van der Waals surface area contributed by atoms with E-state index in [1.807, 2.05) is 44.2 Å². The van der Waals surface area contributed by atoms with E-state index in [4.69, 9.17) is 15.2 Å². The number of nitrogens with zero attached hydrogens (tertiary/aromatic N) is 2. The number of rotatable bonds is 12. The third kappa shape index (κ3) is 9.83. The standard InChI is InChI=1S/C31H41N5O6/c1-20-16-23(37)17-21(2)24(20)18-26(28(39)41-19-22-10-7-6-8-11-22)34-27(38)25(35-30(40)42-31(3,4)5)12-9-14-36-15-13-33-29(36)32/h6-8,10-11,13,15-17,25-26,37H,9,12,14,18-19H2,1-5H3,(H2,32,33)(H,34,38)(H,35,40)/t25-,26+/m1/s1. The maximum Gasteiger partial charge on any atom is 0.408 e. The second kappa shape index (κ2) is 14.4. The van der Waals surface area contributed by atoms with Crippen molar-refractivity contribution in [3.63, 3.8) is 0 Å². The van der Waals surface area contributed by atoms with Gasteiger partial charge in [0.2, 0.25) is 5.91 Å². The van der Waals surface area contributed by atoms with Crippen molar-refractivity contribution in [1.29, 1.82) is 0 Å². The summed E-state index contributed by atoms with van der Waals surface area (Å²) >= 11 is 0. The van der Waals surface area contributed by atoms with Crippen LogP contribution in [0.4, 0.5) is 10.7 Å². The molecule has 2 atom stereocenters. The summed E-state index contributed by atoms with van der Waals surface area (Å²) in [6.45, 7) is 9.33. The number of ether oxygens (including phenoxy) is 2. The Labute approximate surface area is 246 Å². The van der Waals surface area contributed by atoms with Crippen LogP contribution < -0.4 is 16.4 Å². The fourth-order valence-corrected chi connectivity index (χ4v) is 4.51. The van der Waals surface area contributed by atoms with E-state index in [9.17, 15) is 19.5 Å². The lowest BCUT2D eigenvalue weighted by molar-refractivity contribution is -0.149. The van der Waals surface area contributed by atoms with Crippen LogP contribution in [0.15, 0.2) is 54.9 Å². The zero-order chi connectivity index (χ0) is 30.9. The van der Waals surface area contributed by atoms with Crippen molar-refractivity contribution in [2.75, 3.05) is 5.73 Å². The Kier molecular flexibility index (Phi) is 11.0. The highest BCUT2D eigenvalue weighted by Gasteiger charge is 2.30. The summed E-state index contributed by atoms with van der Waals surface area (Å²) in [7, 11) is 0. The summed E-state index contributed by atoms with van der Waals surface area (Å²) < 4.78 is 12.7. The summed E-state index contributed by atoms with van der Waals surface area (Å²) in [5.74, 6) is -0.727. The van der Waals surface area contributed by atoms with Crippen LogP contribution in [-0.4, -0.2) is 50.3 Å². The number of esters is 1. The second-order valence-corrected chi connectivity index (χ2v) is 11.2. The molecule has 0 aliphatic carbocycles. The Bertz CT molecular complexity index is 1340. The molecule has 11 heteroatoms. The molecule has 0 bridgehead atoms. The number of anilines is 1. The Hall–Kier alpha value is -4.54. The number of nitrogen functional groups attached to an aromatic ring is 1. The number of phenolic OH excluding ortho intramolecular Hbond substituents is 1. The number of hydrogen-bond donors (Lipinski definition) is 4. The SMILES string of the molecule is Cc1cc(O)cc(C)c1C[C@H](NC(=O)[C@@H](CCCn1ccnc1N)NC(=O)OC(C)(C)C)C(=O)OCc1ccccc1. The first-order valence-corrected chi connectivity index (χ1v) is 13.9. The largest absolute Gasteiger partial charge is 0.508 e. The first-order chi connectivity index (χ1) is 19.8. The number of nitrogens with two attached hydrogens (primary N) is 1. The first-order valence-electron chi connectivity index (χ1n) is 13.9. The molecule has 3 aromatic rings. The molecule has 5 N–H and O–H groups in total. The average Bonchev–Trinajstić information content (AvgIpc) is 3.31. The molecule has 42 heavy (non-hydrogen) atoms. The van der Waals surface area contributed by atoms with E-state index in [0.717, 1.165) is 22.3 Å². The number of aryl methyl sites for hydroxylation is 3. The van der Waals surface area contributed by atoms with Crippen LogP contribution >= 0.6 is 0 Å². The minimum Gasteiger partial charge on any atom is -0.508 e. The molecule has 2 aromatic carbocycles. The first kappa shape index (κ1) is 32.0. The van der Waals surface area contributed by atoms with E-state index in [1.165, 1.54) is 0 Å². The minimum atomic E-state index is -1.06. The van der Waals surface area contributed by atoms with Gasteiger partial charge in [-0.05, 0) is 81.8 Å². The highest BCUT2D eigenvalue weighted by atomic mass is 16.6. The molecule has 2 amide bonds. The van der Waals surface area contributed by atoms with Gasteiger partial charge < -0.3 is 35.5 Å². The normalized spacial score (nSPS) is 12.7. The summed E-state index contributed by atoms with van der Waals surface area (Å²) in [5.41, 5.74) is 8.22. The summed E-state index contributed by atoms with van der Waals surface area (Å²) in [4.78, 5) is 43.6. The quantitative estimate of drug-likeness (QED) is 0.235. The van der Waals surface area contributed by atoms with E-state index in [2.05, 4.69) is 15.6 Å². The van der Waals surface area contributed by atoms with Crippen molar-refractivity contribution in [3.05, 3.63) is 77.1 Å². The van der Waals surface area contributed by atoms with Crippen LogP contribution in [-0.2, 0) is 38.6 Å². The fourth-order valence-electron chi connectivity index (χ4n) is 4.51. The highest BCUT2D eigenvalue weighted by Crippen LogP contribution is 2.23. The van der Waals surface area contributed by atoms with Gasteiger partial charge in [0.15, 0.2) is 5.95 Å². The Morgan fingerprint density at radius 1 is 1.05 bits per heavy atom. The number of nitrogens with one attached hydrogen (secondary N) is 2. The minimum absolute atomic E-state index is 0.0332. The van der Waals surface area contributed by atoms with Crippen LogP contribution in [0.25, 0.3) is 0 Å². The lowest BCUT2D eigenvalue weighted by Gasteiger charge is -2.25. The molecule has 3 rings (SSSR count). The van der Waals surface area contributed by atoms with Gasteiger partial charge in [0.25, 0.3) is 0 Å². The summed E-state index contributed by atoms with van der Waals surface area (Å²) in [5, 5.41) is 15.4. The molecule has 226 valence electrons. The van der Waals surface area contributed by atoms with E-state index >= 15 is 0 Å². The van der Waals surface area contributed by atoms with Gasteiger partial charge in [0, 0.05) is 25.4 Å². The number of aromatic nitrogens is 2. The topological polar surface area (TPSA) is 158 Å². The lowest BCUT2D eigenvalue weighted by Crippen LogP contribution is -2.53. The molecular weight excluding hydrogens is 538 g/mol. The van der Waals surface area contributed by atoms with Gasteiger partial charge in [-0.25, -0.2) is 14.6 Å². The van der Waals surface area contributed by atoms with Crippen molar-refractivity contribution >= 4 is 23.9 Å². The zero-order valence-electron chi connectivity index (χ0n) is 24.8. The van der Waals surface area contributed by atoms with Crippen LogP contribution in [0.5, 0.6) is 5.75 Å². The maximum absolute atomic E-state index is 13.6. The lowest BCUT2D eigenvalue weighted by atomic mass is 9.95. The van der Waals surface area contributed by atoms with Crippen molar-refractivity contribution in [2.24, 2.45) is 0 Å². The van der Waals surface area contributed by atoms with Crippen LogP contribution in [0.2, 0.25) is 0 Å². The fraction of sp³-hybridized carbons (Fsp3) is 0.419. The summed E-state index contributed by atoms with van der Waals surface area (Å²) in [6, 6.07) is 10.4. The number of amides is 2. The van der Waals surface area contributed by atoms with E-state index in [1.54, 1.807) is 49.9 Å². The molecular formula is C31H41N5O6. The maximum atomic E-state index is 13.6. The number of aromatic hydroxyl groups is 1. The van der Waals surface area contributed by atoms with Crippen LogP contribution in [0.1, 0.15) is 55.9 Å². The van der Waals surface area contributed by atoms with Crippen molar-refractivity contribution < 1.29 is 29.0 Å². The number of carbonyl (C=O) groups excluding carboxylic acids is 3. The molecule has 11 nitrogen and oxygen atoms in total. The zero-order valence-corrected chi connectivity index (χ0v) is 24.8. The molecule has 0 unspecified atom stereocenters. The molecule has 0 radical (unpaired) electrons. The van der Waals surface area contributed by atoms with E-state index < -0.39 is 35.7 Å². The van der Waals surface area contributed by atoms with E-state index in [-0.39, 0.29) is 25.2 Å². The number of imidazole rings is 1. The molecule has 0 saturated heterocycles. The predicted molar refractivity (Wildman–Crippen MR) is 158 cm³/mol. The number of benzene rings is 2. The molecule has 0 fully saturated rings. The molecule has 1 heterocycles. The van der Waals surface area contributed by atoms with Gasteiger partial charge in [-0.1, -0.05) is 30.3 Å². The molecule has 0 spiro atoms. The number of hydrogen-bond acceptors (Lipinski definition) is 8. The van der Waals surface area contributed by atoms with Gasteiger partial charge in [-0.15, -0.1) is 0 Å². The Morgan fingerprint density at radius 2 is 1.71 bits per heavy atom.